The molecule has 2 aromatic rings. The van der Waals surface area contributed by atoms with Crippen LogP contribution < -0.4 is 10.1 Å². The third kappa shape index (κ3) is 4.37. The molecule has 0 aliphatic carbocycles. The van der Waals surface area contributed by atoms with Crippen LogP contribution in [0.2, 0.25) is 0 Å². The van der Waals surface area contributed by atoms with Crippen molar-refractivity contribution in [3.05, 3.63) is 48.0 Å². The van der Waals surface area contributed by atoms with Gasteiger partial charge in [0.2, 0.25) is 10.0 Å². The van der Waals surface area contributed by atoms with Crippen LogP contribution in [0.25, 0.3) is 0 Å². The fourth-order valence-electron chi connectivity index (χ4n) is 3.13. The van der Waals surface area contributed by atoms with Gasteiger partial charge in [-0.05, 0) is 49.2 Å². The first-order valence-corrected chi connectivity index (χ1v) is 10.2. The first-order chi connectivity index (χ1) is 13.3. The number of rotatable bonds is 5. The van der Waals surface area contributed by atoms with Crippen LogP contribution in [0.15, 0.2) is 47.4 Å². The molecule has 3 rings (SSSR count). The Morgan fingerprint density at radius 3 is 2.18 bits per heavy atom. The third-order valence-electron chi connectivity index (χ3n) is 4.65. The minimum atomic E-state index is -3.60. The highest BCUT2D eigenvalue weighted by atomic mass is 32.2. The topological polar surface area (TPSA) is 116 Å². The molecule has 0 radical (unpaired) electrons. The Balaban J connectivity index is 1.61. The van der Waals surface area contributed by atoms with Crippen LogP contribution in [0.5, 0.6) is 17.2 Å². The third-order valence-corrected chi connectivity index (χ3v) is 6.56. The summed E-state index contributed by atoms with van der Waals surface area (Å²) in [7, 11) is -2.09. The van der Waals surface area contributed by atoms with E-state index >= 15 is 0 Å². The zero-order valence-corrected chi connectivity index (χ0v) is 16.1. The lowest BCUT2D eigenvalue weighted by Crippen LogP contribution is -2.46. The number of nitrogens with one attached hydrogen (secondary N) is 1. The maximum absolute atomic E-state index is 12.8. The van der Waals surface area contributed by atoms with Crippen LogP contribution in [0.1, 0.15) is 23.2 Å². The van der Waals surface area contributed by atoms with Gasteiger partial charge < -0.3 is 20.3 Å². The zero-order valence-electron chi connectivity index (χ0n) is 15.3. The molecule has 1 heterocycles. The van der Waals surface area contributed by atoms with Gasteiger partial charge in [-0.25, -0.2) is 8.42 Å². The molecule has 1 fully saturated rings. The second-order valence-electron chi connectivity index (χ2n) is 6.57. The first-order valence-electron chi connectivity index (χ1n) is 8.77. The van der Waals surface area contributed by atoms with Crippen molar-refractivity contribution in [2.24, 2.45) is 0 Å². The van der Waals surface area contributed by atoms with Gasteiger partial charge in [0.05, 0.1) is 12.0 Å². The molecule has 1 amide bonds. The number of nitrogens with zero attached hydrogens (tertiary/aromatic N) is 1. The van der Waals surface area contributed by atoms with E-state index in [1.165, 1.54) is 35.7 Å². The predicted molar refractivity (Wildman–Crippen MR) is 102 cm³/mol. The van der Waals surface area contributed by atoms with Crippen molar-refractivity contribution in [3.8, 4) is 17.2 Å². The normalized spacial score (nSPS) is 15.9. The minimum Gasteiger partial charge on any atom is -0.508 e. The fraction of sp³-hybridized carbons (Fsp3) is 0.316. The molecule has 0 saturated carbocycles. The summed E-state index contributed by atoms with van der Waals surface area (Å²) in [5.41, 5.74) is 0.144. The largest absolute Gasteiger partial charge is 0.508 e. The van der Waals surface area contributed by atoms with Crippen molar-refractivity contribution < 1.29 is 28.2 Å². The molecule has 28 heavy (non-hydrogen) atoms. The molecule has 3 N–H and O–H groups in total. The Bertz CT molecular complexity index is 931. The van der Waals surface area contributed by atoms with Crippen LogP contribution in [-0.4, -0.2) is 55.1 Å². The summed E-state index contributed by atoms with van der Waals surface area (Å²) in [5, 5.41) is 21.8. The van der Waals surface area contributed by atoms with Crippen LogP contribution >= 0.6 is 0 Å². The van der Waals surface area contributed by atoms with Gasteiger partial charge in [-0.1, -0.05) is 0 Å². The van der Waals surface area contributed by atoms with Gasteiger partial charge in [-0.15, -0.1) is 0 Å². The number of benzene rings is 2. The van der Waals surface area contributed by atoms with E-state index in [1.54, 1.807) is 12.1 Å². The number of carbonyl (C=O) groups excluding carboxylic acids is 1. The Morgan fingerprint density at radius 1 is 1.07 bits per heavy atom. The van der Waals surface area contributed by atoms with Crippen molar-refractivity contribution in [2.45, 2.75) is 23.8 Å². The number of hydrogen-bond acceptors (Lipinski definition) is 6. The zero-order chi connectivity index (χ0) is 20.3. The standard InChI is InChI=1S/C19H22N2O6S/c1-27-17-2-4-18(5-3-17)28(25,26)21-8-6-14(7-9-21)20-19(24)13-10-15(22)12-16(23)11-13/h2-5,10-12,14,22-23H,6-9H2,1H3,(H,20,24). The number of aromatic hydroxyl groups is 2. The number of hydrogen-bond donors (Lipinski definition) is 3. The molecule has 150 valence electrons. The van der Waals surface area contributed by atoms with Gasteiger partial charge in [0, 0.05) is 30.8 Å². The summed E-state index contributed by atoms with van der Waals surface area (Å²) < 4.78 is 32.0. The number of carbonyl (C=O) groups is 1. The molecule has 9 heteroatoms. The van der Waals surface area contributed by atoms with Crippen molar-refractivity contribution in [3.63, 3.8) is 0 Å². The van der Waals surface area contributed by atoms with E-state index in [0.717, 1.165) is 6.07 Å². The summed E-state index contributed by atoms with van der Waals surface area (Å²) in [6.07, 6.45) is 0.928. The SMILES string of the molecule is COc1ccc(S(=O)(=O)N2CCC(NC(=O)c3cc(O)cc(O)c3)CC2)cc1. The average molecular weight is 406 g/mol. The smallest absolute Gasteiger partial charge is 0.251 e. The Labute approximate surface area is 163 Å². The van der Waals surface area contributed by atoms with Crippen LogP contribution in [0.4, 0.5) is 0 Å². The van der Waals surface area contributed by atoms with Gasteiger partial charge in [-0.3, -0.25) is 4.79 Å². The van der Waals surface area contributed by atoms with E-state index in [0.29, 0.717) is 18.6 Å². The van der Waals surface area contributed by atoms with Gasteiger partial charge in [0.15, 0.2) is 0 Å². The number of methoxy groups -OCH3 is 1. The van der Waals surface area contributed by atoms with Gasteiger partial charge in [0.1, 0.15) is 17.2 Å². The summed E-state index contributed by atoms with van der Waals surface area (Å²) in [6.45, 7) is 0.565. The van der Waals surface area contributed by atoms with E-state index in [1.807, 2.05) is 0 Å². The number of ether oxygens (including phenoxy) is 1. The number of piperidine rings is 1. The summed E-state index contributed by atoms with van der Waals surface area (Å²) in [6, 6.07) is 9.69. The van der Waals surface area contributed by atoms with Gasteiger partial charge in [0.25, 0.3) is 5.91 Å². The summed E-state index contributed by atoms with van der Waals surface area (Å²) in [4.78, 5) is 12.5. The molecule has 0 bridgehead atoms. The van der Waals surface area contributed by atoms with E-state index in [2.05, 4.69) is 5.32 Å². The molecule has 0 unspecified atom stereocenters. The van der Waals surface area contributed by atoms with Crippen LogP contribution in [-0.2, 0) is 10.0 Å². The Morgan fingerprint density at radius 2 is 1.64 bits per heavy atom. The molecular formula is C19H22N2O6S. The molecule has 1 aliphatic heterocycles. The van der Waals surface area contributed by atoms with Crippen molar-refractivity contribution >= 4 is 15.9 Å². The fourth-order valence-corrected chi connectivity index (χ4v) is 4.60. The minimum absolute atomic E-state index is 0.144. The quantitative estimate of drug-likeness (QED) is 0.696. The van der Waals surface area contributed by atoms with Crippen LogP contribution in [0, 0.1) is 0 Å². The van der Waals surface area contributed by atoms with E-state index in [9.17, 15) is 23.4 Å². The summed E-state index contributed by atoms with van der Waals surface area (Å²) in [5.74, 6) is -0.253. The number of amides is 1. The predicted octanol–water partition coefficient (Wildman–Crippen LogP) is 1.69. The Kier molecular flexibility index (Phi) is 5.76. The van der Waals surface area contributed by atoms with Gasteiger partial charge in [-0.2, -0.15) is 4.31 Å². The lowest BCUT2D eigenvalue weighted by molar-refractivity contribution is 0.0923. The lowest BCUT2D eigenvalue weighted by atomic mass is 10.1. The molecule has 2 aromatic carbocycles. The Hall–Kier alpha value is -2.78. The monoisotopic (exact) mass is 406 g/mol. The van der Waals surface area contributed by atoms with E-state index in [-0.39, 0.29) is 41.1 Å². The molecule has 1 aliphatic rings. The second kappa shape index (κ2) is 8.07. The van der Waals surface area contributed by atoms with E-state index < -0.39 is 15.9 Å². The van der Waals surface area contributed by atoms with Crippen molar-refractivity contribution in [2.75, 3.05) is 20.2 Å². The molecule has 0 aromatic heterocycles. The highest BCUT2D eigenvalue weighted by Crippen LogP contribution is 2.24. The maximum Gasteiger partial charge on any atom is 0.251 e. The van der Waals surface area contributed by atoms with Gasteiger partial charge >= 0.3 is 0 Å². The lowest BCUT2D eigenvalue weighted by Gasteiger charge is -2.31. The van der Waals surface area contributed by atoms with Crippen molar-refractivity contribution in [1.29, 1.82) is 0 Å². The van der Waals surface area contributed by atoms with Crippen LogP contribution in [0.3, 0.4) is 0 Å². The average Bonchev–Trinajstić information content (AvgIpc) is 2.67. The molecule has 0 atom stereocenters. The molecule has 8 nitrogen and oxygen atoms in total. The molecule has 1 saturated heterocycles. The molecule has 0 spiro atoms. The number of phenolic OH excluding ortho intramolecular Hbond substituents is 2. The van der Waals surface area contributed by atoms with E-state index in [4.69, 9.17) is 4.74 Å². The number of sulfonamides is 1. The second-order valence-corrected chi connectivity index (χ2v) is 8.50. The van der Waals surface area contributed by atoms with Crippen molar-refractivity contribution in [1.82, 2.24) is 9.62 Å². The maximum atomic E-state index is 12.8. The highest BCUT2D eigenvalue weighted by molar-refractivity contribution is 7.89. The summed E-state index contributed by atoms with van der Waals surface area (Å²) >= 11 is 0. The first kappa shape index (κ1) is 20.0. The number of phenols is 2. The highest BCUT2D eigenvalue weighted by Gasteiger charge is 2.30. The molecular weight excluding hydrogens is 384 g/mol.